The molecule has 1 rings (SSSR count). The van der Waals surface area contributed by atoms with Crippen molar-refractivity contribution in [3.63, 3.8) is 0 Å². The van der Waals surface area contributed by atoms with Crippen molar-refractivity contribution in [1.82, 2.24) is 10.0 Å². The molecule has 0 fully saturated rings. The van der Waals surface area contributed by atoms with Crippen molar-refractivity contribution in [2.75, 3.05) is 13.1 Å². The van der Waals surface area contributed by atoms with Gasteiger partial charge in [-0.3, -0.25) is 4.79 Å². The maximum atomic E-state index is 12.2. The molecule has 116 valence electrons. The fourth-order valence-corrected chi connectivity index (χ4v) is 3.58. The molecule has 0 aliphatic carbocycles. The molecule has 0 aliphatic rings. The molecule has 1 amide bonds. The molecule has 0 aromatic heterocycles. The highest BCUT2D eigenvalue weighted by molar-refractivity contribution is 9.10. The van der Waals surface area contributed by atoms with Gasteiger partial charge in [0, 0.05) is 11.0 Å². The SMILES string of the molecule is CCNC(=O)CNS(=O)(=O)c1cc(C(=O)O)cc(C)c1Br. The fraction of sp³-hybridized carbons (Fsp3) is 0.333. The molecular formula is C12H15BrN2O5S. The Kier molecular flexibility index (Phi) is 5.87. The number of carbonyl (C=O) groups excluding carboxylic acids is 1. The summed E-state index contributed by atoms with van der Waals surface area (Å²) in [6, 6.07) is 2.40. The van der Waals surface area contributed by atoms with E-state index in [1.807, 2.05) is 0 Å². The second-order valence-corrected chi connectivity index (χ2v) is 6.72. The summed E-state index contributed by atoms with van der Waals surface area (Å²) in [6.45, 7) is 3.26. The zero-order valence-electron chi connectivity index (χ0n) is 11.4. The molecule has 1 aromatic carbocycles. The quantitative estimate of drug-likeness (QED) is 0.679. The molecule has 0 heterocycles. The van der Waals surface area contributed by atoms with Gasteiger partial charge in [-0.15, -0.1) is 0 Å². The van der Waals surface area contributed by atoms with Crippen molar-refractivity contribution < 1.29 is 23.1 Å². The van der Waals surface area contributed by atoms with E-state index in [1.165, 1.54) is 6.07 Å². The van der Waals surface area contributed by atoms with E-state index in [4.69, 9.17) is 5.11 Å². The number of carbonyl (C=O) groups is 2. The van der Waals surface area contributed by atoms with Crippen LogP contribution < -0.4 is 10.0 Å². The van der Waals surface area contributed by atoms with E-state index in [2.05, 4.69) is 26.0 Å². The van der Waals surface area contributed by atoms with Crippen LogP contribution in [0.25, 0.3) is 0 Å². The number of hydrogen-bond donors (Lipinski definition) is 3. The summed E-state index contributed by atoms with van der Waals surface area (Å²) in [4.78, 5) is 22.1. The lowest BCUT2D eigenvalue weighted by molar-refractivity contribution is -0.119. The maximum absolute atomic E-state index is 12.2. The van der Waals surface area contributed by atoms with Crippen LogP contribution in [0.15, 0.2) is 21.5 Å². The van der Waals surface area contributed by atoms with E-state index in [0.717, 1.165) is 6.07 Å². The van der Waals surface area contributed by atoms with Crippen molar-refractivity contribution in [2.24, 2.45) is 0 Å². The fourth-order valence-electron chi connectivity index (χ4n) is 1.55. The van der Waals surface area contributed by atoms with Crippen LogP contribution in [-0.4, -0.2) is 38.5 Å². The number of aromatic carboxylic acids is 1. The van der Waals surface area contributed by atoms with Crippen LogP contribution in [0.5, 0.6) is 0 Å². The molecule has 0 bridgehead atoms. The third-order valence-electron chi connectivity index (χ3n) is 2.55. The molecule has 0 saturated heterocycles. The molecule has 0 atom stereocenters. The molecule has 1 aromatic rings. The van der Waals surface area contributed by atoms with Crippen LogP contribution in [0.4, 0.5) is 0 Å². The summed E-state index contributed by atoms with van der Waals surface area (Å²) in [5, 5.41) is 11.4. The standard InChI is InChI=1S/C12H15BrN2O5S/c1-3-14-10(16)6-15-21(19,20)9-5-8(12(17)18)4-7(2)11(9)13/h4-5,15H,3,6H2,1-2H3,(H,14,16)(H,17,18). The number of amides is 1. The van der Waals surface area contributed by atoms with Gasteiger partial charge in [0.1, 0.15) is 0 Å². The molecule has 0 radical (unpaired) electrons. The minimum Gasteiger partial charge on any atom is -0.478 e. The van der Waals surface area contributed by atoms with E-state index in [9.17, 15) is 18.0 Å². The Morgan fingerprint density at radius 3 is 2.48 bits per heavy atom. The largest absolute Gasteiger partial charge is 0.478 e. The van der Waals surface area contributed by atoms with E-state index in [1.54, 1.807) is 13.8 Å². The molecule has 0 saturated carbocycles. The number of nitrogens with one attached hydrogen (secondary N) is 2. The Morgan fingerprint density at radius 1 is 1.33 bits per heavy atom. The number of aryl methyl sites for hydroxylation is 1. The highest BCUT2D eigenvalue weighted by Gasteiger charge is 2.22. The summed E-state index contributed by atoms with van der Waals surface area (Å²) >= 11 is 3.12. The second kappa shape index (κ2) is 7.01. The minimum absolute atomic E-state index is 0.144. The number of carboxylic acid groups (broad SMARTS) is 1. The Balaban J connectivity index is 3.13. The van der Waals surface area contributed by atoms with Gasteiger partial charge in [0.15, 0.2) is 0 Å². The predicted molar refractivity (Wildman–Crippen MR) is 79.7 cm³/mol. The number of hydrogen-bond acceptors (Lipinski definition) is 4. The monoisotopic (exact) mass is 378 g/mol. The van der Waals surface area contributed by atoms with Gasteiger partial charge in [0.2, 0.25) is 15.9 Å². The first-order valence-corrected chi connectivity index (χ1v) is 8.26. The molecule has 9 heteroatoms. The van der Waals surface area contributed by atoms with Crippen molar-refractivity contribution in [3.8, 4) is 0 Å². The molecule has 0 spiro atoms. The molecule has 3 N–H and O–H groups in total. The van der Waals surface area contributed by atoms with Gasteiger partial charge >= 0.3 is 5.97 Å². The second-order valence-electron chi connectivity index (χ2n) is 4.19. The van der Waals surface area contributed by atoms with Gasteiger partial charge in [0.05, 0.1) is 17.0 Å². The number of benzene rings is 1. The van der Waals surface area contributed by atoms with E-state index >= 15 is 0 Å². The Hall–Kier alpha value is -1.45. The van der Waals surface area contributed by atoms with Gasteiger partial charge in [-0.05, 0) is 47.5 Å². The molecular weight excluding hydrogens is 364 g/mol. The van der Waals surface area contributed by atoms with Crippen molar-refractivity contribution in [3.05, 3.63) is 27.7 Å². The zero-order valence-corrected chi connectivity index (χ0v) is 13.8. The van der Waals surface area contributed by atoms with Gasteiger partial charge in [-0.1, -0.05) is 0 Å². The van der Waals surface area contributed by atoms with Crippen LogP contribution in [-0.2, 0) is 14.8 Å². The normalized spacial score (nSPS) is 11.2. The van der Waals surface area contributed by atoms with Gasteiger partial charge in [-0.2, -0.15) is 0 Å². The Bertz CT molecular complexity index is 672. The first-order chi connectivity index (χ1) is 9.69. The van der Waals surface area contributed by atoms with Crippen molar-refractivity contribution >= 4 is 37.8 Å². The van der Waals surface area contributed by atoms with Crippen molar-refractivity contribution in [2.45, 2.75) is 18.7 Å². The number of sulfonamides is 1. The third-order valence-corrected chi connectivity index (χ3v) is 5.29. The average Bonchev–Trinajstić information content (AvgIpc) is 2.39. The van der Waals surface area contributed by atoms with E-state index < -0.39 is 28.4 Å². The van der Waals surface area contributed by atoms with E-state index in [-0.39, 0.29) is 14.9 Å². The number of carboxylic acids is 1. The first-order valence-electron chi connectivity index (χ1n) is 5.98. The molecule has 21 heavy (non-hydrogen) atoms. The summed E-state index contributed by atoms with van der Waals surface area (Å²) in [5.41, 5.74) is 0.322. The minimum atomic E-state index is -4.00. The molecule has 0 aliphatic heterocycles. The number of rotatable bonds is 6. The third kappa shape index (κ3) is 4.51. The van der Waals surface area contributed by atoms with Gasteiger partial charge in [0.25, 0.3) is 0 Å². The number of likely N-dealkylation sites (N-methyl/N-ethyl adjacent to an activating group) is 1. The highest BCUT2D eigenvalue weighted by Crippen LogP contribution is 2.27. The number of halogens is 1. The van der Waals surface area contributed by atoms with Gasteiger partial charge < -0.3 is 10.4 Å². The lowest BCUT2D eigenvalue weighted by Crippen LogP contribution is -2.36. The summed E-state index contributed by atoms with van der Waals surface area (Å²) < 4.78 is 26.7. The summed E-state index contributed by atoms with van der Waals surface area (Å²) in [5.74, 6) is -1.70. The van der Waals surface area contributed by atoms with Gasteiger partial charge in [-0.25, -0.2) is 17.9 Å². The maximum Gasteiger partial charge on any atom is 0.335 e. The molecule has 0 unspecified atom stereocenters. The van der Waals surface area contributed by atoms with Crippen LogP contribution in [0, 0.1) is 6.92 Å². The van der Waals surface area contributed by atoms with Crippen LogP contribution in [0.2, 0.25) is 0 Å². The first kappa shape index (κ1) is 17.6. The van der Waals surface area contributed by atoms with E-state index in [0.29, 0.717) is 12.1 Å². The van der Waals surface area contributed by atoms with Crippen LogP contribution in [0.1, 0.15) is 22.8 Å². The Labute approximate surface area is 130 Å². The smallest absolute Gasteiger partial charge is 0.335 e. The average molecular weight is 379 g/mol. The van der Waals surface area contributed by atoms with Crippen LogP contribution in [0.3, 0.4) is 0 Å². The molecule has 7 nitrogen and oxygen atoms in total. The lowest BCUT2D eigenvalue weighted by Gasteiger charge is -2.11. The zero-order chi connectivity index (χ0) is 16.2. The predicted octanol–water partition coefficient (Wildman–Crippen LogP) is 0.870. The van der Waals surface area contributed by atoms with Crippen LogP contribution >= 0.6 is 15.9 Å². The topological polar surface area (TPSA) is 113 Å². The highest BCUT2D eigenvalue weighted by atomic mass is 79.9. The lowest BCUT2D eigenvalue weighted by atomic mass is 10.1. The van der Waals surface area contributed by atoms with Crippen molar-refractivity contribution in [1.29, 1.82) is 0 Å². The summed E-state index contributed by atoms with van der Waals surface area (Å²) in [7, 11) is -4.00. The summed E-state index contributed by atoms with van der Waals surface area (Å²) in [6.07, 6.45) is 0. The Morgan fingerprint density at radius 2 is 1.95 bits per heavy atom.